The number of hydrogen-bond donors (Lipinski definition) is 1. The third-order valence-electron chi connectivity index (χ3n) is 5.00. The molecule has 1 amide bonds. The van der Waals surface area contributed by atoms with E-state index in [2.05, 4.69) is 27.2 Å². The number of carbonyl (C=O) groups excluding carboxylic acids is 1. The molecule has 27 heavy (non-hydrogen) atoms. The van der Waals surface area contributed by atoms with Crippen molar-refractivity contribution in [1.82, 2.24) is 4.90 Å². The number of carbonyl (C=O) groups is 1. The van der Waals surface area contributed by atoms with Crippen LogP contribution in [0.15, 0.2) is 53.4 Å². The maximum atomic E-state index is 12.7. The fraction of sp³-hybridized carbons (Fsp3) is 0.381. The Kier molecular flexibility index (Phi) is 6.63. The molecule has 0 spiro atoms. The van der Waals surface area contributed by atoms with E-state index < -0.39 is 0 Å². The number of methoxy groups -OCH3 is 1. The number of anilines is 2. The number of benzene rings is 2. The fourth-order valence-corrected chi connectivity index (χ4v) is 3.75. The van der Waals surface area contributed by atoms with Gasteiger partial charge in [0.05, 0.1) is 13.2 Å². The van der Waals surface area contributed by atoms with Gasteiger partial charge in [-0.05, 0) is 43.5 Å². The Morgan fingerprint density at radius 2 is 1.85 bits per heavy atom. The highest BCUT2D eigenvalue weighted by Crippen LogP contribution is 2.23. The molecule has 1 unspecified atom stereocenters. The second-order valence-corrected chi connectivity index (χ2v) is 7.50. The van der Waals surface area contributed by atoms with Gasteiger partial charge in [-0.1, -0.05) is 12.1 Å². The smallest absolute Gasteiger partial charge is 0.241 e. The molecule has 1 atom stereocenters. The average Bonchev–Trinajstić information content (AvgIpc) is 2.73. The van der Waals surface area contributed by atoms with Gasteiger partial charge in [0.25, 0.3) is 0 Å². The molecule has 1 fully saturated rings. The lowest BCUT2D eigenvalue weighted by molar-refractivity contribution is -0.120. The summed E-state index contributed by atoms with van der Waals surface area (Å²) in [5.41, 5.74) is 2.02. The summed E-state index contributed by atoms with van der Waals surface area (Å²) >= 11 is 1.67. The molecule has 0 bridgehead atoms. The maximum absolute atomic E-state index is 12.7. The van der Waals surface area contributed by atoms with Crippen molar-refractivity contribution in [3.8, 4) is 5.75 Å². The zero-order chi connectivity index (χ0) is 19.2. The van der Waals surface area contributed by atoms with Crippen molar-refractivity contribution in [3.63, 3.8) is 0 Å². The summed E-state index contributed by atoms with van der Waals surface area (Å²) in [6.07, 6.45) is 2.03. The van der Waals surface area contributed by atoms with Crippen molar-refractivity contribution in [2.24, 2.45) is 0 Å². The van der Waals surface area contributed by atoms with Crippen LogP contribution in [0.2, 0.25) is 0 Å². The van der Waals surface area contributed by atoms with Crippen molar-refractivity contribution >= 4 is 29.0 Å². The quantitative estimate of drug-likeness (QED) is 0.770. The van der Waals surface area contributed by atoms with E-state index in [0.29, 0.717) is 0 Å². The minimum Gasteiger partial charge on any atom is -0.497 e. The monoisotopic (exact) mass is 385 g/mol. The van der Waals surface area contributed by atoms with Crippen LogP contribution < -0.4 is 15.0 Å². The second kappa shape index (κ2) is 9.15. The van der Waals surface area contributed by atoms with E-state index in [1.54, 1.807) is 18.9 Å². The van der Waals surface area contributed by atoms with Crippen LogP contribution in [0.25, 0.3) is 0 Å². The molecule has 2 aromatic carbocycles. The molecule has 144 valence electrons. The van der Waals surface area contributed by atoms with Crippen LogP contribution in [0.5, 0.6) is 5.75 Å². The molecule has 1 saturated heterocycles. The molecule has 0 saturated carbocycles. The summed E-state index contributed by atoms with van der Waals surface area (Å²) in [6, 6.07) is 15.9. The van der Waals surface area contributed by atoms with Crippen LogP contribution in [0, 0.1) is 0 Å². The minimum absolute atomic E-state index is 0.0445. The Balaban J connectivity index is 1.55. The summed E-state index contributed by atoms with van der Waals surface area (Å²) in [7, 11) is 1.69. The first-order chi connectivity index (χ1) is 13.1. The summed E-state index contributed by atoms with van der Waals surface area (Å²) in [6.45, 7) is 5.49. The minimum atomic E-state index is -0.157. The number of amides is 1. The summed E-state index contributed by atoms with van der Waals surface area (Å²) < 4.78 is 5.32. The number of nitrogens with zero attached hydrogens (tertiary/aromatic N) is 2. The van der Waals surface area contributed by atoms with E-state index in [0.717, 1.165) is 42.5 Å². The number of piperazine rings is 1. The van der Waals surface area contributed by atoms with Gasteiger partial charge in [-0.2, -0.15) is 0 Å². The van der Waals surface area contributed by atoms with E-state index in [-0.39, 0.29) is 11.9 Å². The summed E-state index contributed by atoms with van der Waals surface area (Å²) in [4.78, 5) is 18.4. The molecular formula is C21H27N3O2S. The van der Waals surface area contributed by atoms with E-state index in [1.165, 1.54) is 5.69 Å². The van der Waals surface area contributed by atoms with Gasteiger partial charge in [0.15, 0.2) is 0 Å². The Morgan fingerprint density at radius 1 is 1.11 bits per heavy atom. The van der Waals surface area contributed by atoms with Gasteiger partial charge in [0, 0.05) is 48.5 Å². The highest BCUT2D eigenvalue weighted by atomic mass is 32.2. The predicted octanol–water partition coefficient (Wildman–Crippen LogP) is 3.57. The van der Waals surface area contributed by atoms with Crippen molar-refractivity contribution in [1.29, 1.82) is 0 Å². The van der Waals surface area contributed by atoms with Gasteiger partial charge in [-0.25, -0.2) is 0 Å². The summed E-state index contributed by atoms with van der Waals surface area (Å²) in [5, 5.41) is 3.05. The molecule has 5 nitrogen and oxygen atoms in total. The molecule has 1 aliphatic rings. The number of nitrogens with one attached hydrogen (secondary N) is 1. The molecule has 0 radical (unpaired) electrons. The lowest BCUT2D eigenvalue weighted by Crippen LogP contribution is -2.52. The highest BCUT2D eigenvalue weighted by Gasteiger charge is 2.26. The van der Waals surface area contributed by atoms with Gasteiger partial charge in [0.1, 0.15) is 5.75 Å². The first-order valence-corrected chi connectivity index (χ1v) is 10.4. The fourth-order valence-electron chi connectivity index (χ4n) is 3.29. The Labute approximate surface area is 165 Å². The largest absolute Gasteiger partial charge is 0.497 e. The molecule has 6 heteroatoms. The average molecular weight is 386 g/mol. The molecule has 2 aromatic rings. The van der Waals surface area contributed by atoms with E-state index in [9.17, 15) is 4.79 Å². The van der Waals surface area contributed by atoms with Gasteiger partial charge in [0.2, 0.25) is 5.91 Å². The molecule has 0 aliphatic carbocycles. The van der Waals surface area contributed by atoms with E-state index >= 15 is 0 Å². The topological polar surface area (TPSA) is 44.8 Å². The summed E-state index contributed by atoms with van der Waals surface area (Å²) in [5.74, 6) is 0.915. The molecule has 1 N–H and O–H groups in total. The van der Waals surface area contributed by atoms with Gasteiger partial charge in [-0.3, -0.25) is 9.69 Å². The van der Waals surface area contributed by atoms with Crippen LogP contribution in [0.4, 0.5) is 11.4 Å². The van der Waals surface area contributed by atoms with Crippen LogP contribution in [0.3, 0.4) is 0 Å². The number of ether oxygens (including phenoxy) is 1. The highest BCUT2D eigenvalue weighted by molar-refractivity contribution is 7.98. The first kappa shape index (κ1) is 19.6. The van der Waals surface area contributed by atoms with E-state index in [4.69, 9.17) is 4.74 Å². The lowest BCUT2D eigenvalue weighted by atomic mass is 10.2. The normalized spacial score (nSPS) is 16.0. The van der Waals surface area contributed by atoms with Gasteiger partial charge in [-0.15, -0.1) is 11.8 Å². The van der Waals surface area contributed by atoms with Crippen LogP contribution in [0.1, 0.15) is 6.92 Å². The predicted molar refractivity (Wildman–Crippen MR) is 113 cm³/mol. The standard InChI is InChI=1S/C21H27N3O2S/c1-16(21(25)22-17-6-4-9-20(14-17)27-3)23-10-12-24(13-11-23)18-7-5-8-19(15-18)26-2/h4-9,14-16H,10-13H2,1-3H3,(H,22,25). The number of rotatable bonds is 6. The SMILES string of the molecule is COc1cccc(N2CCN(C(C)C(=O)Nc3cccc(SC)c3)CC2)c1. The molecule has 1 heterocycles. The zero-order valence-electron chi connectivity index (χ0n) is 16.1. The molecule has 0 aromatic heterocycles. The van der Waals surface area contributed by atoms with E-state index in [1.807, 2.05) is 49.6 Å². The van der Waals surface area contributed by atoms with Crippen LogP contribution in [-0.2, 0) is 4.79 Å². The second-order valence-electron chi connectivity index (χ2n) is 6.62. The van der Waals surface area contributed by atoms with Crippen molar-refractivity contribution in [2.75, 3.05) is 49.8 Å². The van der Waals surface area contributed by atoms with Crippen LogP contribution >= 0.6 is 11.8 Å². The molecule has 1 aliphatic heterocycles. The third-order valence-corrected chi connectivity index (χ3v) is 5.72. The molecular weight excluding hydrogens is 358 g/mol. The van der Waals surface area contributed by atoms with Crippen molar-refractivity contribution in [3.05, 3.63) is 48.5 Å². The number of thioether (sulfide) groups is 1. The maximum Gasteiger partial charge on any atom is 0.241 e. The van der Waals surface area contributed by atoms with Crippen LogP contribution in [-0.4, -0.2) is 56.4 Å². The number of hydrogen-bond acceptors (Lipinski definition) is 5. The zero-order valence-corrected chi connectivity index (χ0v) is 17.0. The Morgan fingerprint density at radius 3 is 2.56 bits per heavy atom. The van der Waals surface area contributed by atoms with Crippen molar-refractivity contribution < 1.29 is 9.53 Å². The Bertz CT molecular complexity index is 776. The molecule has 3 rings (SSSR count). The van der Waals surface area contributed by atoms with Gasteiger partial charge < -0.3 is 15.0 Å². The Hall–Kier alpha value is -2.18. The van der Waals surface area contributed by atoms with Crippen molar-refractivity contribution in [2.45, 2.75) is 17.9 Å². The third kappa shape index (κ3) is 4.96. The first-order valence-electron chi connectivity index (χ1n) is 9.18. The lowest BCUT2D eigenvalue weighted by Gasteiger charge is -2.38. The van der Waals surface area contributed by atoms with Gasteiger partial charge >= 0.3 is 0 Å².